The zero-order valence-electron chi connectivity index (χ0n) is 23.3. The minimum absolute atomic E-state index is 0. The topological polar surface area (TPSA) is 130 Å². The van der Waals surface area contributed by atoms with Gasteiger partial charge in [0, 0.05) is 29.4 Å². The van der Waals surface area contributed by atoms with Crippen molar-refractivity contribution in [1.29, 1.82) is 5.41 Å². The van der Waals surface area contributed by atoms with E-state index in [1.807, 2.05) is 45.0 Å². The summed E-state index contributed by atoms with van der Waals surface area (Å²) in [6, 6.07) is 14.5. The number of hydrogen-bond donors (Lipinski definition) is 5. The number of phenolic OH excluding ortho intramolecular Hbond substituents is 1. The molecule has 6 N–H and O–H groups in total. The van der Waals surface area contributed by atoms with E-state index >= 15 is 0 Å². The van der Waals surface area contributed by atoms with Crippen LogP contribution in [0.4, 0.5) is 11.4 Å². The standard InChI is InChI=1S/C31H36N4O4.ClH/c1-19-20(2)29-26(21(3)28(19)37)15-16-31(4,39-29)17-18-38-25-12-10-23(11-13-25)34-27(36)14-7-22-5-8-24(9-6-22)35-30(32)33;/h5-14,37H,15-18H2,1-4H3,(H,34,36)(H4,32,33,35);1H/b14-7+;. The molecule has 1 aliphatic rings. The summed E-state index contributed by atoms with van der Waals surface area (Å²) in [5.41, 5.74) is 11.1. The predicted molar refractivity (Wildman–Crippen MR) is 163 cm³/mol. The molecule has 1 unspecified atom stereocenters. The number of halogens is 1. The Balaban J connectivity index is 0.00000441. The normalized spacial score (nSPS) is 15.9. The Morgan fingerprint density at radius 2 is 1.68 bits per heavy atom. The van der Waals surface area contributed by atoms with Crippen molar-refractivity contribution >= 4 is 41.7 Å². The second-order valence-electron chi connectivity index (χ2n) is 10.2. The van der Waals surface area contributed by atoms with Crippen molar-refractivity contribution in [2.45, 2.75) is 52.6 Å². The molecule has 40 heavy (non-hydrogen) atoms. The Kier molecular flexibility index (Phi) is 9.71. The van der Waals surface area contributed by atoms with Crippen molar-refractivity contribution in [2.24, 2.45) is 5.73 Å². The lowest BCUT2D eigenvalue weighted by atomic mass is 9.86. The van der Waals surface area contributed by atoms with Crippen molar-refractivity contribution in [3.63, 3.8) is 0 Å². The van der Waals surface area contributed by atoms with E-state index in [1.54, 1.807) is 30.3 Å². The summed E-state index contributed by atoms with van der Waals surface area (Å²) in [5, 5.41) is 23.2. The van der Waals surface area contributed by atoms with Crippen LogP contribution in [0.2, 0.25) is 0 Å². The minimum Gasteiger partial charge on any atom is -0.507 e. The lowest BCUT2D eigenvalue weighted by molar-refractivity contribution is -0.111. The van der Waals surface area contributed by atoms with Crippen molar-refractivity contribution in [1.82, 2.24) is 0 Å². The van der Waals surface area contributed by atoms with Gasteiger partial charge in [0.05, 0.1) is 6.61 Å². The first-order valence-electron chi connectivity index (χ1n) is 13.0. The van der Waals surface area contributed by atoms with E-state index in [-0.39, 0.29) is 29.9 Å². The third-order valence-corrected chi connectivity index (χ3v) is 7.23. The van der Waals surface area contributed by atoms with E-state index in [9.17, 15) is 9.90 Å². The maximum absolute atomic E-state index is 12.3. The average Bonchev–Trinajstić information content (AvgIpc) is 2.91. The Labute approximate surface area is 241 Å². The number of fused-ring (bicyclic) bond motifs is 1. The maximum atomic E-state index is 12.3. The van der Waals surface area contributed by atoms with Gasteiger partial charge in [-0.1, -0.05) is 12.1 Å². The van der Waals surface area contributed by atoms with Crippen LogP contribution in [0.25, 0.3) is 6.08 Å². The number of benzene rings is 3. The average molecular weight is 565 g/mol. The highest BCUT2D eigenvalue weighted by atomic mass is 35.5. The van der Waals surface area contributed by atoms with Crippen LogP contribution in [0.5, 0.6) is 17.2 Å². The summed E-state index contributed by atoms with van der Waals surface area (Å²) in [4.78, 5) is 12.3. The number of ether oxygens (including phenoxy) is 2. The van der Waals surface area contributed by atoms with E-state index in [0.717, 1.165) is 58.6 Å². The molecule has 9 heteroatoms. The van der Waals surface area contributed by atoms with Crippen molar-refractivity contribution in [3.8, 4) is 17.2 Å². The summed E-state index contributed by atoms with van der Waals surface area (Å²) in [6.07, 6.45) is 5.61. The largest absolute Gasteiger partial charge is 0.507 e. The Bertz CT molecular complexity index is 1400. The van der Waals surface area contributed by atoms with Gasteiger partial charge in [0.1, 0.15) is 22.8 Å². The van der Waals surface area contributed by atoms with Crippen LogP contribution in [-0.2, 0) is 11.2 Å². The summed E-state index contributed by atoms with van der Waals surface area (Å²) >= 11 is 0. The molecule has 0 saturated heterocycles. The number of nitrogens with two attached hydrogens (primary N) is 1. The molecule has 0 radical (unpaired) electrons. The molecule has 1 atom stereocenters. The number of nitrogens with one attached hydrogen (secondary N) is 3. The molecule has 3 aromatic rings. The SMILES string of the molecule is Cc1c(C)c2c(c(C)c1O)CCC(C)(CCOc1ccc(NC(=O)/C=C/c3ccc(NC(=N)N)cc3)cc1)O2.Cl. The number of amides is 1. The zero-order valence-corrected chi connectivity index (χ0v) is 24.1. The number of hydrogen-bond acceptors (Lipinski definition) is 5. The van der Waals surface area contributed by atoms with Crippen LogP contribution < -0.4 is 25.8 Å². The minimum atomic E-state index is -0.349. The fourth-order valence-electron chi connectivity index (χ4n) is 4.68. The number of aromatic hydroxyl groups is 1. The number of carbonyl (C=O) groups excluding carboxylic acids is 1. The second-order valence-corrected chi connectivity index (χ2v) is 10.2. The summed E-state index contributed by atoms with van der Waals surface area (Å²) in [5.74, 6) is 1.61. The molecule has 3 aromatic carbocycles. The van der Waals surface area contributed by atoms with E-state index in [0.29, 0.717) is 23.7 Å². The van der Waals surface area contributed by atoms with Crippen LogP contribution in [-0.4, -0.2) is 29.2 Å². The van der Waals surface area contributed by atoms with Crippen LogP contribution in [0.15, 0.2) is 54.6 Å². The van der Waals surface area contributed by atoms with Crippen LogP contribution in [0.3, 0.4) is 0 Å². The first-order chi connectivity index (χ1) is 18.5. The van der Waals surface area contributed by atoms with Crippen molar-refractivity contribution in [3.05, 3.63) is 82.4 Å². The highest BCUT2D eigenvalue weighted by molar-refractivity contribution is 6.02. The summed E-state index contributed by atoms with van der Waals surface area (Å²) in [6.45, 7) is 8.48. The van der Waals surface area contributed by atoms with Gasteiger partial charge >= 0.3 is 0 Å². The molecule has 0 spiro atoms. The molecule has 0 fully saturated rings. The maximum Gasteiger partial charge on any atom is 0.248 e. The van der Waals surface area contributed by atoms with E-state index in [1.165, 1.54) is 6.08 Å². The van der Waals surface area contributed by atoms with Gasteiger partial charge in [0.25, 0.3) is 0 Å². The summed E-state index contributed by atoms with van der Waals surface area (Å²) < 4.78 is 12.5. The zero-order chi connectivity index (χ0) is 28.2. The van der Waals surface area contributed by atoms with Gasteiger partial charge in [-0.15, -0.1) is 12.4 Å². The molecule has 1 heterocycles. The van der Waals surface area contributed by atoms with Crippen LogP contribution in [0.1, 0.15) is 47.6 Å². The van der Waals surface area contributed by atoms with Crippen molar-refractivity contribution < 1.29 is 19.4 Å². The molecule has 0 bridgehead atoms. The van der Waals surface area contributed by atoms with Crippen LogP contribution >= 0.6 is 12.4 Å². The van der Waals surface area contributed by atoms with Gasteiger partial charge in [-0.2, -0.15) is 0 Å². The van der Waals surface area contributed by atoms with Gasteiger partial charge in [0.15, 0.2) is 5.96 Å². The fraction of sp³-hybridized carbons (Fsp3) is 0.290. The number of anilines is 2. The molecular weight excluding hydrogens is 528 g/mol. The summed E-state index contributed by atoms with van der Waals surface area (Å²) in [7, 11) is 0. The van der Waals surface area contributed by atoms with E-state index in [4.69, 9.17) is 20.6 Å². The lowest BCUT2D eigenvalue weighted by Gasteiger charge is -2.38. The highest BCUT2D eigenvalue weighted by Gasteiger charge is 2.34. The smallest absolute Gasteiger partial charge is 0.248 e. The number of phenols is 1. The molecular formula is C31H37ClN4O4. The third kappa shape index (κ3) is 7.27. The number of rotatable bonds is 8. The predicted octanol–water partition coefficient (Wildman–Crippen LogP) is 6.25. The van der Waals surface area contributed by atoms with Crippen LogP contribution in [0, 0.1) is 26.2 Å². The van der Waals surface area contributed by atoms with E-state index < -0.39 is 0 Å². The molecule has 1 aliphatic heterocycles. The van der Waals surface area contributed by atoms with Crippen molar-refractivity contribution in [2.75, 3.05) is 17.2 Å². The van der Waals surface area contributed by atoms with Gasteiger partial charge in [-0.3, -0.25) is 10.2 Å². The fourth-order valence-corrected chi connectivity index (χ4v) is 4.68. The van der Waals surface area contributed by atoms with Gasteiger partial charge in [0.2, 0.25) is 5.91 Å². The number of guanidine groups is 1. The number of carbonyl (C=O) groups is 1. The Morgan fingerprint density at radius 1 is 1.05 bits per heavy atom. The monoisotopic (exact) mass is 564 g/mol. The highest BCUT2D eigenvalue weighted by Crippen LogP contribution is 2.44. The van der Waals surface area contributed by atoms with Gasteiger partial charge in [-0.25, -0.2) is 0 Å². The third-order valence-electron chi connectivity index (χ3n) is 7.23. The van der Waals surface area contributed by atoms with Gasteiger partial charge in [-0.05, 0) is 105 Å². The second kappa shape index (κ2) is 12.8. The Morgan fingerprint density at radius 3 is 2.33 bits per heavy atom. The molecule has 0 saturated carbocycles. The first kappa shape index (κ1) is 30.4. The molecule has 4 rings (SSSR count). The quantitative estimate of drug-likeness (QED) is 0.125. The molecule has 0 aliphatic carbocycles. The molecule has 212 valence electrons. The lowest BCUT2D eigenvalue weighted by Crippen LogP contribution is -2.38. The Hall–Kier alpha value is -4.17. The first-order valence-corrected chi connectivity index (χ1v) is 13.0. The molecule has 0 aromatic heterocycles. The molecule has 1 amide bonds. The molecule has 8 nitrogen and oxygen atoms in total. The van der Waals surface area contributed by atoms with Gasteiger partial charge < -0.3 is 30.9 Å². The van der Waals surface area contributed by atoms with E-state index in [2.05, 4.69) is 17.6 Å².